The van der Waals surface area contributed by atoms with E-state index in [1.165, 1.54) is 68.7 Å². The summed E-state index contributed by atoms with van der Waals surface area (Å²) in [6.07, 6.45) is 12.6. The molecular weight excluding hydrogens is 276 g/mol. The minimum atomic E-state index is 0.390. The van der Waals surface area contributed by atoms with Crippen molar-refractivity contribution in [3.05, 3.63) is 0 Å². The van der Waals surface area contributed by atoms with E-state index in [9.17, 15) is 0 Å². The van der Waals surface area contributed by atoms with Crippen LogP contribution in [0.2, 0.25) is 0 Å². The fourth-order valence-corrected chi connectivity index (χ4v) is 5.68. The van der Waals surface area contributed by atoms with Gasteiger partial charge in [0, 0.05) is 17.8 Å². The number of hydrogen-bond acceptors (Lipinski definition) is 2. The topological polar surface area (TPSA) is 24.4 Å². The van der Waals surface area contributed by atoms with Crippen LogP contribution in [0.3, 0.4) is 0 Å². The molecule has 3 fully saturated rings. The third kappa shape index (κ3) is 4.18. The Morgan fingerprint density at radius 3 is 2.71 bits per heavy atom. The summed E-state index contributed by atoms with van der Waals surface area (Å²) in [6.45, 7) is 5.85. The molecule has 0 aromatic carbocycles. The Morgan fingerprint density at radius 1 is 1.14 bits per heavy atom. The third-order valence-corrected chi connectivity index (χ3v) is 7.08. The number of nitrogens with zero attached hydrogens (tertiary/aromatic N) is 1. The van der Waals surface area contributed by atoms with Crippen molar-refractivity contribution in [2.45, 2.75) is 77.2 Å². The largest absolute Gasteiger partial charge is 0.359 e. The van der Waals surface area contributed by atoms with Crippen molar-refractivity contribution in [1.29, 1.82) is 0 Å². The number of amidine groups is 1. The summed E-state index contributed by atoms with van der Waals surface area (Å²) >= 11 is 1.98. The molecule has 0 aromatic heterocycles. The lowest BCUT2D eigenvalue weighted by Gasteiger charge is -2.36. The first kappa shape index (κ1) is 15.7. The highest BCUT2D eigenvalue weighted by Crippen LogP contribution is 2.38. The normalized spacial score (nSPS) is 42.4. The minimum absolute atomic E-state index is 0.390. The maximum Gasteiger partial charge on any atom is 0.157 e. The van der Waals surface area contributed by atoms with Crippen LogP contribution < -0.4 is 5.32 Å². The molecule has 0 amide bonds. The van der Waals surface area contributed by atoms with Gasteiger partial charge in [-0.25, -0.2) is 0 Å². The lowest BCUT2D eigenvalue weighted by molar-refractivity contribution is 0.242. The van der Waals surface area contributed by atoms with Gasteiger partial charge >= 0.3 is 0 Å². The van der Waals surface area contributed by atoms with Crippen LogP contribution in [0.1, 0.15) is 71.6 Å². The second kappa shape index (κ2) is 6.93. The van der Waals surface area contributed by atoms with Crippen LogP contribution in [0.25, 0.3) is 0 Å². The molecule has 2 aliphatic carbocycles. The van der Waals surface area contributed by atoms with Crippen LogP contribution >= 0.6 is 11.8 Å². The van der Waals surface area contributed by atoms with E-state index in [2.05, 4.69) is 19.2 Å². The van der Waals surface area contributed by atoms with Crippen LogP contribution in [-0.4, -0.2) is 23.0 Å². The highest BCUT2D eigenvalue weighted by Gasteiger charge is 2.40. The van der Waals surface area contributed by atoms with Gasteiger partial charge in [0.15, 0.2) is 5.17 Å². The van der Waals surface area contributed by atoms with E-state index in [4.69, 9.17) is 4.99 Å². The molecule has 2 saturated carbocycles. The summed E-state index contributed by atoms with van der Waals surface area (Å²) in [5, 5.41) is 5.04. The van der Waals surface area contributed by atoms with E-state index >= 15 is 0 Å². The molecule has 120 valence electrons. The lowest BCUT2D eigenvalue weighted by atomic mass is 9.78. The number of hydrogen-bond donors (Lipinski definition) is 1. The molecule has 2 atom stereocenters. The molecule has 2 nitrogen and oxygen atoms in total. The van der Waals surface area contributed by atoms with Crippen molar-refractivity contribution in [3.8, 4) is 0 Å². The highest BCUT2D eigenvalue weighted by atomic mass is 32.2. The van der Waals surface area contributed by atoms with Gasteiger partial charge in [-0.1, -0.05) is 64.1 Å². The van der Waals surface area contributed by atoms with Crippen molar-refractivity contribution >= 4 is 16.9 Å². The van der Waals surface area contributed by atoms with Gasteiger partial charge in [-0.2, -0.15) is 0 Å². The van der Waals surface area contributed by atoms with Crippen LogP contribution in [0, 0.1) is 17.8 Å². The third-order valence-electron chi connectivity index (χ3n) is 5.88. The van der Waals surface area contributed by atoms with E-state index in [0.29, 0.717) is 5.54 Å². The molecule has 1 heterocycles. The molecule has 3 rings (SSSR count). The average Bonchev–Trinajstić information content (AvgIpc) is 2.83. The predicted octanol–water partition coefficient (Wildman–Crippen LogP) is 4.84. The van der Waals surface area contributed by atoms with Gasteiger partial charge in [0.25, 0.3) is 0 Å². The minimum Gasteiger partial charge on any atom is -0.359 e. The predicted molar refractivity (Wildman–Crippen MR) is 94.0 cm³/mol. The van der Waals surface area contributed by atoms with E-state index in [0.717, 1.165) is 24.3 Å². The van der Waals surface area contributed by atoms with Crippen molar-refractivity contribution in [1.82, 2.24) is 5.32 Å². The van der Waals surface area contributed by atoms with E-state index in [1.807, 2.05) is 11.8 Å². The Morgan fingerprint density at radius 2 is 1.95 bits per heavy atom. The molecule has 1 N–H and O–H groups in total. The zero-order valence-electron chi connectivity index (χ0n) is 13.9. The standard InChI is InChI=1S/C18H32N2S/c1-14-5-7-16(8-6-14)9-11-19-17-20-18(13-21-17)10-3-4-15(2)12-18/h14-16H,3-13H2,1-2H3,(H,19,20). The Hall–Kier alpha value is -0.180. The maximum absolute atomic E-state index is 4.88. The quantitative estimate of drug-likeness (QED) is 0.806. The molecule has 0 bridgehead atoms. The van der Waals surface area contributed by atoms with Crippen molar-refractivity contribution in [2.75, 3.05) is 12.3 Å². The summed E-state index contributed by atoms with van der Waals surface area (Å²) < 4.78 is 0. The van der Waals surface area contributed by atoms with Crippen LogP contribution in [0.4, 0.5) is 0 Å². The van der Waals surface area contributed by atoms with Gasteiger partial charge < -0.3 is 5.32 Å². The molecule has 0 aromatic rings. The summed E-state index contributed by atoms with van der Waals surface area (Å²) in [5.74, 6) is 4.04. The molecule has 3 aliphatic rings. The van der Waals surface area contributed by atoms with Crippen molar-refractivity contribution in [3.63, 3.8) is 0 Å². The van der Waals surface area contributed by atoms with E-state index in [1.54, 1.807) is 0 Å². The van der Waals surface area contributed by atoms with Gasteiger partial charge in [-0.15, -0.1) is 0 Å². The molecule has 0 radical (unpaired) electrons. The van der Waals surface area contributed by atoms with Crippen molar-refractivity contribution < 1.29 is 0 Å². The average molecular weight is 309 g/mol. The molecule has 2 unspecified atom stereocenters. The highest BCUT2D eigenvalue weighted by molar-refractivity contribution is 8.14. The lowest BCUT2D eigenvalue weighted by Crippen LogP contribution is -2.47. The molecule has 1 saturated heterocycles. The smallest absolute Gasteiger partial charge is 0.157 e. The molecule has 21 heavy (non-hydrogen) atoms. The summed E-state index contributed by atoms with van der Waals surface area (Å²) in [6, 6.07) is 0. The van der Waals surface area contributed by atoms with Gasteiger partial charge in [-0.05, 0) is 37.0 Å². The van der Waals surface area contributed by atoms with Gasteiger partial charge in [0.1, 0.15) is 0 Å². The summed E-state index contributed by atoms with van der Waals surface area (Å²) in [5.41, 5.74) is 0.390. The fraction of sp³-hybridized carbons (Fsp3) is 0.944. The second-order valence-corrected chi connectivity index (χ2v) is 8.96. The fourth-order valence-electron chi connectivity index (χ4n) is 4.46. The molecule has 1 aliphatic heterocycles. The first-order valence-corrected chi connectivity index (χ1v) is 10.1. The van der Waals surface area contributed by atoms with Crippen LogP contribution in [-0.2, 0) is 0 Å². The zero-order valence-corrected chi connectivity index (χ0v) is 14.7. The molecule has 1 spiro atoms. The van der Waals surface area contributed by atoms with Gasteiger partial charge in [0.05, 0.1) is 0 Å². The molecular formula is C18H32N2S. The monoisotopic (exact) mass is 308 g/mol. The first-order chi connectivity index (χ1) is 10.2. The Labute approximate surface area is 134 Å². The van der Waals surface area contributed by atoms with Gasteiger partial charge in [-0.3, -0.25) is 4.99 Å². The van der Waals surface area contributed by atoms with Crippen molar-refractivity contribution in [2.24, 2.45) is 22.7 Å². The summed E-state index contributed by atoms with van der Waals surface area (Å²) in [4.78, 5) is 4.88. The molecule has 3 heteroatoms. The summed E-state index contributed by atoms with van der Waals surface area (Å²) in [7, 11) is 0. The first-order valence-electron chi connectivity index (χ1n) is 9.11. The number of thioether (sulfide) groups is 1. The Balaban J connectivity index is 1.43. The second-order valence-electron chi connectivity index (χ2n) is 8.00. The van der Waals surface area contributed by atoms with Crippen LogP contribution in [0.15, 0.2) is 4.99 Å². The number of aliphatic imine (C=N–C) groups is 1. The van der Waals surface area contributed by atoms with Gasteiger partial charge in [0.2, 0.25) is 0 Å². The maximum atomic E-state index is 4.88. The number of rotatable bonds is 3. The SMILES string of the molecule is CC1CCC(CCN=C2NC3(CCCC(C)C3)CS2)CC1. The Bertz CT molecular complexity index is 373. The number of nitrogens with one attached hydrogen (secondary N) is 1. The Kier molecular flexibility index (Phi) is 5.19. The van der Waals surface area contributed by atoms with E-state index < -0.39 is 0 Å². The van der Waals surface area contributed by atoms with E-state index in [-0.39, 0.29) is 0 Å². The van der Waals surface area contributed by atoms with Crippen LogP contribution in [0.5, 0.6) is 0 Å². The zero-order chi connectivity index (χ0) is 14.7.